The summed E-state index contributed by atoms with van der Waals surface area (Å²) >= 11 is 6.53. The second-order valence-corrected chi connectivity index (χ2v) is 9.91. The van der Waals surface area contributed by atoms with Gasteiger partial charge in [0.2, 0.25) is 0 Å². The first-order valence-electron chi connectivity index (χ1n) is 12.5. The minimum Gasteiger partial charge on any atom is -0.383 e. The fourth-order valence-electron chi connectivity index (χ4n) is 4.72. The van der Waals surface area contributed by atoms with Crippen molar-refractivity contribution in [2.45, 2.75) is 19.4 Å². The summed E-state index contributed by atoms with van der Waals surface area (Å²) in [6.07, 6.45) is 4.30. The number of carbonyl (C=O) groups excluding carboxylic acids is 1. The summed E-state index contributed by atoms with van der Waals surface area (Å²) in [4.78, 5) is 26.2. The first-order valence-corrected chi connectivity index (χ1v) is 12.9. The zero-order chi connectivity index (χ0) is 25.8. The van der Waals surface area contributed by atoms with Gasteiger partial charge in [-0.25, -0.2) is 9.97 Å². The molecule has 1 fully saturated rings. The molecule has 0 unspecified atom stereocenters. The van der Waals surface area contributed by atoms with Crippen LogP contribution in [0.5, 0.6) is 0 Å². The highest BCUT2D eigenvalue weighted by molar-refractivity contribution is 6.33. The van der Waals surface area contributed by atoms with Crippen molar-refractivity contribution >= 4 is 45.5 Å². The van der Waals surface area contributed by atoms with Gasteiger partial charge in [0.05, 0.1) is 5.02 Å². The van der Waals surface area contributed by atoms with E-state index in [2.05, 4.69) is 62.5 Å². The van der Waals surface area contributed by atoms with Crippen LogP contribution < -0.4 is 16.0 Å². The van der Waals surface area contributed by atoms with Gasteiger partial charge in [-0.15, -0.1) is 0 Å². The molecule has 190 valence electrons. The van der Waals surface area contributed by atoms with E-state index < -0.39 is 0 Å². The number of hydrogen-bond acceptors (Lipinski definition) is 7. The minimum absolute atomic E-state index is 0.00991. The van der Waals surface area contributed by atoms with Crippen molar-refractivity contribution in [3.8, 4) is 0 Å². The zero-order valence-corrected chi connectivity index (χ0v) is 21.7. The molecule has 4 aromatic rings. The maximum Gasteiger partial charge on any atom is 0.164 e. The van der Waals surface area contributed by atoms with Gasteiger partial charge >= 0.3 is 0 Å². The van der Waals surface area contributed by atoms with Crippen molar-refractivity contribution in [2.75, 3.05) is 49.2 Å². The Morgan fingerprint density at radius 2 is 1.86 bits per heavy atom. The number of nitrogens with one attached hydrogen (secondary N) is 1. The number of hydrogen-bond donors (Lipinski definition) is 2. The summed E-state index contributed by atoms with van der Waals surface area (Å²) < 4.78 is 0. The monoisotopic (exact) mass is 514 g/mol. The summed E-state index contributed by atoms with van der Waals surface area (Å²) in [6, 6.07) is 18.1. The minimum atomic E-state index is 0.00991. The number of rotatable bonds is 8. The molecule has 8 heteroatoms. The average Bonchev–Trinajstić information content (AvgIpc) is 2.92. The second-order valence-electron chi connectivity index (χ2n) is 9.50. The lowest BCUT2D eigenvalue weighted by Gasteiger charge is -2.35. The molecule has 2 aromatic heterocycles. The molecule has 3 N–H and O–H groups in total. The van der Waals surface area contributed by atoms with Gasteiger partial charge in [0, 0.05) is 68.2 Å². The number of para-hydroxylation sites is 1. The van der Waals surface area contributed by atoms with Crippen molar-refractivity contribution in [1.82, 2.24) is 14.9 Å². The van der Waals surface area contributed by atoms with Gasteiger partial charge in [0.1, 0.15) is 11.6 Å². The Hall–Kier alpha value is -3.68. The molecule has 0 amide bonds. The highest BCUT2D eigenvalue weighted by atomic mass is 35.5. The van der Waals surface area contributed by atoms with E-state index in [9.17, 15) is 4.79 Å². The van der Waals surface area contributed by atoms with E-state index >= 15 is 0 Å². The number of nitrogens with zero attached hydrogens (tertiary/aromatic N) is 4. The number of carbonyl (C=O) groups is 1. The fourth-order valence-corrected chi connectivity index (χ4v) is 4.96. The topological polar surface area (TPSA) is 87.4 Å². The van der Waals surface area contributed by atoms with Gasteiger partial charge in [0.25, 0.3) is 0 Å². The Balaban J connectivity index is 1.21. The molecule has 0 radical (unpaired) electrons. The van der Waals surface area contributed by atoms with Crippen LogP contribution in [-0.4, -0.2) is 53.9 Å². The third kappa shape index (κ3) is 5.84. The summed E-state index contributed by atoms with van der Waals surface area (Å²) in [5.74, 6) is 1.10. The number of piperazine rings is 1. The van der Waals surface area contributed by atoms with Crippen molar-refractivity contribution < 1.29 is 4.79 Å². The second kappa shape index (κ2) is 11.2. The fraction of sp³-hybridized carbons (Fsp3) is 0.276. The smallest absolute Gasteiger partial charge is 0.164 e. The molecule has 37 heavy (non-hydrogen) atoms. The lowest BCUT2D eigenvalue weighted by atomic mass is 10.0. The molecular formula is C29H31ClN6O. The molecule has 1 saturated heterocycles. The van der Waals surface area contributed by atoms with E-state index in [4.69, 9.17) is 17.3 Å². The first kappa shape index (κ1) is 25.0. The van der Waals surface area contributed by atoms with Crippen LogP contribution in [0, 0.1) is 0 Å². The molecule has 7 nitrogen and oxygen atoms in total. The number of aryl methyl sites for hydroxylation is 1. The van der Waals surface area contributed by atoms with E-state index in [-0.39, 0.29) is 5.78 Å². The first-order chi connectivity index (χ1) is 18.0. The Labute approximate surface area is 222 Å². The van der Waals surface area contributed by atoms with Crippen LogP contribution in [-0.2, 0) is 13.0 Å². The molecule has 0 spiro atoms. The molecule has 0 atom stereocenters. The lowest BCUT2D eigenvalue weighted by molar-refractivity contribution is 0.0982. The molecule has 2 aromatic carbocycles. The largest absolute Gasteiger partial charge is 0.383 e. The summed E-state index contributed by atoms with van der Waals surface area (Å²) in [7, 11) is 2.16. The number of nitrogen functional groups attached to an aromatic ring is 1. The van der Waals surface area contributed by atoms with E-state index in [0.29, 0.717) is 41.6 Å². The predicted molar refractivity (Wildman–Crippen MR) is 152 cm³/mol. The maximum atomic E-state index is 12.9. The van der Waals surface area contributed by atoms with Gasteiger partial charge in [-0.2, -0.15) is 0 Å². The molecule has 0 aliphatic carbocycles. The summed E-state index contributed by atoms with van der Waals surface area (Å²) in [5.41, 5.74) is 9.95. The number of aromatic nitrogens is 2. The molecule has 1 aliphatic heterocycles. The van der Waals surface area contributed by atoms with Crippen LogP contribution in [0.1, 0.15) is 27.9 Å². The van der Waals surface area contributed by atoms with E-state index in [1.54, 1.807) is 18.5 Å². The van der Waals surface area contributed by atoms with Crippen molar-refractivity contribution in [1.29, 1.82) is 0 Å². The zero-order valence-electron chi connectivity index (χ0n) is 21.0. The summed E-state index contributed by atoms with van der Waals surface area (Å²) in [6.45, 7) is 4.72. The Morgan fingerprint density at radius 1 is 1.05 bits per heavy atom. The number of Topliss-reactive ketones (excluding diaryl/α,β-unsaturated/α-hetero) is 1. The van der Waals surface area contributed by atoms with Gasteiger partial charge in [0.15, 0.2) is 5.78 Å². The van der Waals surface area contributed by atoms with E-state index in [1.165, 1.54) is 11.3 Å². The van der Waals surface area contributed by atoms with Crippen LogP contribution in [0.2, 0.25) is 5.02 Å². The highest BCUT2D eigenvalue weighted by Gasteiger charge is 2.17. The number of pyridine rings is 2. The standard InChI is InChI=1S/C29H31ClN6O/c1-35-12-14-36(15-13-35)26-5-3-2-4-22(26)18-33-29-25(30)17-23(19-34-29)27(37)9-7-20-6-8-24-21(16-20)10-11-32-28(24)31/h2-6,8,10-11,16-17,19H,7,9,12-15,18H2,1H3,(H2,31,32)(H,33,34). The SMILES string of the molecule is CN1CCN(c2ccccc2CNc2ncc(C(=O)CCc3ccc4c(N)nccc4c3)cc2Cl)CC1. The third-order valence-electron chi connectivity index (χ3n) is 6.95. The van der Waals surface area contributed by atoms with Crippen molar-refractivity contribution in [2.24, 2.45) is 0 Å². The average molecular weight is 515 g/mol. The molecule has 5 rings (SSSR count). The van der Waals surface area contributed by atoms with Gasteiger partial charge < -0.3 is 20.9 Å². The molecule has 0 bridgehead atoms. The van der Waals surface area contributed by atoms with Crippen molar-refractivity contribution in [3.63, 3.8) is 0 Å². The molecule has 3 heterocycles. The van der Waals surface area contributed by atoms with Crippen molar-refractivity contribution in [3.05, 3.63) is 88.7 Å². The molecule has 1 aliphatic rings. The number of anilines is 3. The number of halogens is 1. The van der Waals surface area contributed by atoms with Gasteiger partial charge in [-0.05, 0) is 48.2 Å². The predicted octanol–water partition coefficient (Wildman–Crippen LogP) is 5.04. The van der Waals surface area contributed by atoms with E-state index in [1.807, 2.05) is 18.2 Å². The van der Waals surface area contributed by atoms with Crippen LogP contribution in [0.15, 0.2) is 67.0 Å². The quantitative estimate of drug-likeness (QED) is 0.318. The van der Waals surface area contributed by atoms with Gasteiger partial charge in [-0.1, -0.05) is 48.0 Å². The molecular weight excluding hydrogens is 484 g/mol. The third-order valence-corrected chi connectivity index (χ3v) is 7.23. The van der Waals surface area contributed by atoms with Gasteiger partial charge in [-0.3, -0.25) is 4.79 Å². The number of benzene rings is 2. The van der Waals surface area contributed by atoms with Crippen LogP contribution in [0.4, 0.5) is 17.3 Å². The Bertz CT molecular complexity index is 1420. The number of fused-ring (bicyclic) bond motifs is 1. The highest BCUT2D eigenvalue weighted by Crippen LogP contribution is 2.26. The van der Waals surface area contributed by atoms with E-state index in [0.717, 1.165) is 42.5 Å². The normalized spacial score (nSPS) is 14.2. The van der Waals surface area contributed by atoms with Crippen LogP contribution >= 0.6 is 11.6 Å². The molecule has 0 saturated carbocycles. The van der Waals surface area contributed by atoms with Crippen LogP contribution in [0.3, 0.4) is 0 Å². The Morgan fingerprint density at radius 3 is 2.68 bits per heavy atom. The Kier molecular flexibility index (Phi) is 7.53. The number of likely N-dealkylation sites (N-methyl/N-ethyl adjacent to an activating group) is 1. The number of nitrogens with two attached hydrogens (primary N) is 1. The number of ketones is 1. The van der Waals surface area contributed by atoms with Crippen LogP contribution in [0.25, 0.3) is 10.8 Å². The lowest BCUT2D eigenvalue weighted by Crippen LogP contribution is -2.44. The maximum absolute atomic E-state index is 12.9. The summed E-state index contributed by atoms with van der Waals surface area (Å²) in [5, 5.41) is 5.74.